The van der Waals surface area contributed by atoms with E-state index in [1.807, 2.05) is 38.1 Å². The van der Waals surface area contributed by atoms with Gasteiger partial charge in [0.05, 0.1) is 22.3 Å². The molecule has 0 aliphatic rings. The van der Waals surface area contributed by atoms with Crippen LogP contribution in [0.4, 0.5) is 5.69 Å². The first-order valence-electron chi connectivity index (χ1n) is 11.3. The van der Waals surface area contributed by atoms with Gasteiger partial charge in [0.2, 0.25) is 15.9 Å². The summed E-state index contributed by atoms with van der Waals surface area (Å²) in [6, 6.07) is 14.1. The van der Waals surface area contributed by atoms with E-state index in [0.29, 0.717) is 30.9 Å². The highest BCUT2D eigenvalue weighted by Crippen LogP contribution is 2.32. The molecule has 1 N–H and O–H groups in total. The SMILES string of the molecule is CCC(Sc1cc(C)c2cccc(OC)c2n1)C(=O)Nc1ccc(S(=O)(=O)N(CC)CC)cc1. The van der Waals surface area contributed by atoms with Crippen molar-refractivity contribution in [2.45, 2.75) is 49.3 Å². The molecule has 1 atom stereocenters. The van der Waals surface area contributed by atoms with Crippen molar-refractivity contribution in [3.63, 3.8) is 0 Å². The molecule has 0 aliphatic carbocycles. The third-order valence-electron chi connectivity index (χ3n) is 5.60. The zero-order valence-corrected chi connectivity index (χ0v) is 21.8. The van der Waals surface area contributed by atoms with Crippen LogP contribution in [0.5, 0.6) is 5.75 Å². The molecule has 182 valence electrons. The number of amides is 1. The molecule has 0 aliphatic heterocycles. The van der Waals surface area contributed by atoms with E-state index in [0.717, 1.165) is 21.5 Å². The van der Waals surface area contributed by atoms with Gasteiger partial charge in [-0.3, -0.25) is 4.79 Å². The maximum Gasteiger partial charge on any atom is 0.243 e. The molecule has 1 aromatic heterocycles. The van der Waals surface area contributed by atoms with Crippen LogP contribution in [0.15, 0.2) is 58.5 Å². The number of methoxy groups -OCH3 is 1. The van der Waals surface area contributed by atoms with E-state index in [1.54, 1.807) is 33.1 Å². The van der Waals surface area contributed by atoms with Gasteiger partial charge in [-0.2, -0.15) is 4.31 Å². The number of aromatic nitrogens is 1. The maximum absolute atomic E-state index is 13.0. The summed E-state index contributed by atoms with van der Waals surface area (Å²) < 4.78 is 32.2. The van der Waals surface area contributed by atoms with Crippen LogP contribution in [-0.2, 0) is 14.8 Å². The number of nitrogens with one attached hydrogen (secondary N) is 1. The largest absolute Gasteiger partial charge is 0.494 e. The molecule has 7 nitrogen and oxygen atoms in total. The summed E-state index contributed by atoms with van der Waals surface area (Å²) in [5.74, 6) is 0.534. The number of carbonyl (C=O) groups is 1. The standard InChI is InChI=1S/C25H31N3O4S2/c1-6-22(33-23-16-17(4)20-10-9-11-21(32-5)24(20)27-23)25(29)26-18-12-14-19(15-13-18)34(30,31)28(7-2)8-3/h9-16,22H,6-8H2,1-5H3,(H,26,29). The van der Waals surface area contributed by atoms with Crippen molar-refractivity contribution < 1.29 is 17.9 Å². The van der Waals surface area contributed by atoms with Crippen LogP contribution >= 0.6 is 11.8 Å². The first-order chi connectivity index (χ1) is 16.2. The lowest BCUT2D eigenvalue weighted by Gasteiger charge is -2.19. The van der Waals surface area contributed by atoms with Crippen molar-refractivity contribution in [2.75, 3.05) is 25.5 Å². The number of sulfonamides is 1. The van der Waals surface area contributed by atoms with E-state index >= 15 is 0 Å². The minimum atomic E-state index is -3.54. The van der Waals surface area contributed by atoms with Gasteiger partial charge in [0.15, 0.2) is 0 Å². The fraction of sp³-hybridized carbons (Fsp3) is 0.360. The third kappa shape index (κ3) is 5.54. The average molecular weight is 502 g/mol. The first kappa shape index (κ1) is 26.0. The first-order valence-corrected chi connectivity index (χ1v) is 13.6. The lowest BCUT2D eigenvalue weighted by molar-refractivity contribution is -0.115. The summed E-state index contributed by atoms with van der Waals surface area (Å²) in [4.78, 5) is 17.9. The molecule has 1 unspecified atom stereocenters. The summed E-state index contributed by atoms with van der Waals surface area (Å²) in [5, 5.41) is 4.30. The molecule has 1 amide bonds. The predicted octanol–water partition coefficient (Wildman–Crippen LogP) is 5.09. The number of thioether (sulfide) groups is 1. The lowest BCUT2D eigenvalue weighted by atomic mass is 10.1. The van der Waals surface area contributed by atoms with Gasteiger partial charge in [0, 0.05) is 24.2 Å². The fourth-order valence-corrected chi connectivity index (χ4v) is 6.17. The molecule has 3 aromatic rings. The van der Waals surface area contributed by atoms with Gasteiger partial charge >= 0.3 is 0 Å². The summed E-state index contributed by atoms with van der Waals surface area (Å²) >= 11 is 1.40. The molecule has 0 fully saturated rings. The molecule has 0 radical (unpaired) electrons. The smallest absolute Gasteiger partial charge is 0.243 e. The molecule has 0 bridgehead atoms. The van der Waals surface area contributed by atoms with Gasteiger partial charge in [0.1, 0.15) is 11.3 Å². The Morgan fingerprint density at radius 3 is 2.38 bits per heavy atom. The summed E-state index contributed by atoms with van der Waals surface area (Å²) in [6.45, 7) is 8.38. The number of carbonyl (C=O) groups excluding carboxylic acids is 1. The summed E-state index contributed by atoms with van der Waals surface area (Å²) in [7, 11) is -1.92. The molecule has 3 rings (SSSR count). The molecule has 0 saturated carbocycles. The highest BCUT2D eigenvalue weighted by Gasteiger charge is 2.23. The van der Waals surface area contributed by atoms with Crippen molar-refractivity contribution in [1.29, 1.82) is 0 Å². The number of aryl methyl sites for hydroxylation is 1. The molecule has 9 heteroatoms. The van der Waals surface area contributed by atoms with Gasteiger partial charge in [-0.15, -0.1) is 0 Å². The third-order valence-corrected chi connectivity index (χ3v) is 8.94. The molecule has 0 saturated heterocycles. The quantitative estimate of drug-likeness (QED) is 0.389. The number of anilines is 1. The monoisotopic (exact) mass is 501 g/mol. The van der Waals surface area contributed by atoms with E-state index < -0.39 is 10.0 Å². The highest BCUT2D eigenvalue weighted by atomic mass is 32.2. The van der Waals surface area contributed by atoms with E-state index in [4.69, 9.17) is 9.72 Å². The van der Waals surface area contributed by atoms with Crippen molar-refractivity contribution in [1.82, 2.24) is 9.29 Å². The Balaban J connectivity index is 1.77. The zero-order chi connectivity index (χ0) is 24.9. The predicted molar refractivity (Wildman–Crippen MR) is 138 cm³/mol. The Labute approximate surface area is 206 Å². The Hall–Kier alpha value is -2.62. The van der Waals surface area contributed by atoms with Crippen LogP contribution in [0, 0.1) is 6.92 Å². The topological polar surface area (TPSA) is 88.6 Å². The van der Waals surface area contributed by atoms with Crippen molar-refractivity contribution in [2.24, 2.45) is 0 Å². The minimum absolute atomic E-state index is 0.161. The molecular weight excluding hydrogens is 470 g/mol. The minimum Gasteiger partial charge on any atom is -0.494 e. The number of para-hydroxylation sites is 1. The molecule has 1 heterocycles. The Bertz CT molecular complexity index is 1260. The molecule has 34 heavy (non-hydrogen) atoms. The Kier molecular flexibility index (Phi) is 8.57. The second-order valence-electron chi connectivity index (χ2n) is 7.75. The second-order valence-corrected chi connectivity index (χ2v) is 10.9. The van der Waals surface area contributed by atoms with Crippen LogP contribution in [-0.4, -0.2) is 49.1 Å². The zero-order valence-electron chi connectivity index (χ0n) is 20.2. The van der Waals surface area contributed by atoms with Gasteiger partial charge in [0.25, 0.3) is 0 Å². The maximum atomic E-state index is 13.0. The van der Waals surface area contributed by atoms with E-state index in [1.165, 1.54) is 28.2 Å². The van der Waals surface area contributed by atoms with Crippen molar-refractivity contribution in [3.05, 3.63) is 54.1 Å². The number of ether oxygens (including phenoxy) is 1. The lowest BCUT2D eigenvalue weighted by Crippen LogP contribution is -2.30. The normalized spacial score (nSPS) is 12.6. The van der Waals surface area contributed by atoms with E-state index in [9.17, 15) is 13.2 Å². The van der Waals surface area contributed by atoms with E-state index in [2.05, 4.69) is 5.32 Å². The number of hydrogen-bond donors (Lipinski definition) is 1. The van der Waals surface area contributed by atoms with Crippen molar-refractivity contribution in [3.8, 4) is 5.75 Å². The number of pyridine rings is 1. The molecular formula is C25H31N3O4S2. The van der Waals surface area contributed by atoms with Crippen LogP contribution < -0.4 is 10.1 Å². The summed E-state index contributed by atoms with van der Waals surface area (Å²) in [6.07, 6.45) is 0.607. The van der Waals surface area contributed by atoms with Crippen molar-refractivity contribution >= 4 is 44.3 Å². The van der Waals surface area contributed by atoms with Gasteiger partial charge in [-0.25, -0.2) is 13.4 Å². The van der Waals surface area contributed by atoms with Gasteiger partial charge < -0.3 is 10.1 Å². The summed E-state index contributed by atoms with van der Waals surface area (Å²) in [5.41, 5.74) is 2.38. The van der Waals surface area contributed by atoms with Gasteiger partial charge in [-0.1, -0.05) is 44.7 Å². The van der Waals surface area contributed by atoms with Crippen LogP contribution in [0.3, 0.4) is 0 Å². The number of fused-ring (bicyclic) bond motifs is 1. The van der Waals surface area contributed by atoms with E-state index in [-0.39, 0.29) is 16.1 Å². The van der Waals surface area contributed by atoms with Crippen LogP contribution in [0.1, 0.15) is 32.8 Å². The van der Waals surface area contributed by atoms with Gasteiger partial charge in [-0.05, 0) is 55.3 Å². The fourth-order valence-electron chi connectivity index (χ4n) is 3.70. The second kappa shape index (κ2) is 11.2. The number of nitrogens with zero attached hydrogens (tertiary/aromatic N) is 2. The Morgan fingerprint density at radius 2 is 1.79 bits per heavy atom. The molecule has 2 aromatic carbocycles. The van der Waals surface area contributed by atoms with Crippen LogP contribution in [0.25, 0.3) is 10.9 Å². The molecule has 0 spiro atoms. The number of benzene rings is 2. The number of rotatable bonds is 10. The average Bonchev–Trinajstić information content (AvgIpc) is 2.83. The number of hydrogen-bond acceptors (Lipinski definition) is 6. The Morgan fingerprint density at radius 1 is 1.12 bits per heavy atom. The van der Waals surface area contributed by atoms with Crippen LogP contribution in [0.2, 0.25) is 0 Å². The highest BCUT2D eigenvalue weighted by molar-refractivity contribution is 8.00.